The monoisotopic (exact) mass is 278 g/mol. The highest BCUT2D eigenvalue weighted by Crippen LogP contribution is 2.25. The molecular weight excluding hydrogens is 256 g/mol. The van der Waals surface area contributed by atoms with Gasteiger partial charge in [0.05, 0.1) is 4.92 Å². The van der Waals surface area contributed by atoms with Crippen molar-refractivity contribution < 1.29 is 4.92 Å². The first kappa shape index (κ1) is 14.6. The highest BCUT2D eigenvalue weighted by Gasteiger charge is 2.23. The number of nitrogens with zero attached hydrogens (tertiary/aromatic N) is 2. The van der Waals surface area contributed by atoms with E-state index in [0.29, 0.717) is 12.0 Å². The number of nitro benzene ring substituents is 1. The van der Waals surface area contributed by atoms with Crippen LogP contribution >= 0.6 is 0 Å². The second-order valence-electron chi connectivity index (χ2n) is 5.65. The van der Waals surface area contributed by atoms with E-state index in [2.05, 4.69) is 24.1 Å². The third-order valence-electron chi connectivity index (χ3n) is 3.87. The van der Waals surface area contributed by atoms with E-state index < -0.39 is 4.92 Å². The van der Waals surface area contributed by atoms with Crippen molar-refractivity contribution in [1.82, 2.24) is 4.90 Å². The first-order valence-corrected chi connectivity index (χ1v) is 6.99. The summed E-state index contributed by atoms with van der Waals surface area (Å²) in [5, 5.41) is 14.0. The van der Waals surface area contributed by atoms with Crippen molar-refractivity contribution in [2.45, 2.75) is 26.3 Å². The predicted molar refractivity (Wildman–Crippen MR) is 80.8 cm³/mol. The molecule has 0 aliphatic carbocycles. The molecule has 0 saturated carbocycles. The molecule has 1 aromatic rings. The van der Waals surface area contributed by atoms with Crippen LogP contribution in [0.4, 0.5) is 17.1 Å². The molecule has 0 radical (unpaired) electrons. The van der Waals surface area contributed by atoms with Gasteiger partial charge in [0.15, 0.2) is 0 Å². The van der Waals surface area contributed by atoms with Crippen LogP contribution in [0.5, 0.6) is 0 Å². The van der Waals surface area contributed by atoms with Crippen LogP contribution in [0.1, 0.15) is 20.3 Å². The van der Waals surface area contributed by atoms with Gasteiger partial charge < -0.3 is 16.0 Å². The number of hydrogen-bond donors (Lipinski definition) is 2. The number of benzene rings is 1. The van der Waals surface area contributed by atoms with E-state index in [4.69, 9.17) is 5.73 Å². The summed E-state index contributed by atoms with van der Waals surface area (Å²) in [6.07, 6.45) is 1.19. The predicted octanol–water partition coefficient (Wildman–Crippen LogP) is 2.32. The van der Waals surface area contributed by atoms with Gasteiger partial charge in [0.1, 0.15) is 5.69 Å². The maximum atomic E-state index is 10.7. The molecule has 2 rings (SSSR count). The Bertz CT molecular complexity index is 490. The summed E-state index contributed by atoms with van der Waals surface area (Å²) in [6, 6.07) is 5.39. The van der Waals surface area contributed by atoms with Crippen molar-refractivity contribution in [2.24, 2.45) is 5.92 Å². The molecule has 0 spiro atoms. The van der Waals surface area contributed by atoms with Crippen molar-refractivity contribution in [1.29, 1.82) is 0 Å². The molecule has 1 aromatic carbocycles. The van der Waals surface area contributed by atoms with E-state index >= 15 is 0 Å². The van der Waals surface area contributed by atoms with Gasteiger partial charge in [-0.15, -0.1) is 0 Å². The van der Waals surface area contributed by atoms with Gasteiger partial charge in [-0.25, -0.2) is 0 Å². The van der Waals surface area contributed by atoms with Crippen LogP contribution in [0.25, 0.3) is 0 Å². The highest BCUT2D eigenvalue weighted by molar-refractivity contribution is 5.65. The fourth-order valence-electron chi connectivity index (χ4n) is 2.59. The van der Waals surface area contributed by atoms with Gasteiger partial charge in [-0.1, -0.05) is 0 Å². The molecule has 1 aliphatic heterocycles. The Kier molecular flexibility index (Phi) is 4.44. The molecule has 0 aromatic heterocycles. The van der Waals surface area contributed by atoms with Gasteiger partial charge in [-0.05, 0) is 44.9 Å². The van der Waals surface area contributed by atoms with Gasteiger partial charge in [0.2, 0.25) is 0 Å². The second kappa shape index (κ2) is 6.09. The van der Waals surface area contributed by atoms with Gasteiger partial charge in [-0.3, -0.25) is 10.1 Å². The lowest BCUT2D eigenvalue weighted by molar-refractivity contribution is -0.383. The number of rotatable bonds is 5. The minimum atomic E-state index is -0.462. The first-order valence-electron chi connectivity index (χ1n) is 6.99. The molecule has 1 heterocycles. The second-order valence-corrected chi connectivity index (χ2v) is 5.65. The topological polar surface area (TPSA) is 84.4 Å². The molecule has 1 saturated heterocycles. The summed E-state index contributed by atoms with van der Waals surface area (Å²) in [6.45, 7) is 7.56. The largest absolute Gasteiger partial charge is 0.393 e. The molecule has 6 heteroatoms. The number of nitrogens with one attached hydrogen (secondary N) is 1. The van der Waals surface area contributed by atoms with Crippen molar-refractivity contribution in [2.75, 3.05) is 30.7 Å². The Morgan fingerprint density at radius 3 is 2.85 bits per heavy atom. The molecule has 1 aliphatic rings. The van der Waals surface area contributed by atoms with E-state index in [-0.39, 0.29) is 11.4 Å². The van der Waals surface area contributed by atoms with Crippen molar-refractivity contribution in [3.63, 3.8) is 0 Å². The van der Waals surface area contributed by atoms with Crippen molar-refractivity contribution in [3.8, 4) is 0 Å². The third kappa shape index (κ3) is 3.39. The molecular formula is C14H22N4O2. The number of nitrogen functional groups attached to an aromatic ring is 1. The quantitative estimate of drug-likeness (QED) is 0.490. The number of hydrogen-bond acceptors (Lipinski definition) is 5. The van der Waals surface area contributed by atoms with Crippen LogP contribution in [-0.2, 0) is 0 Å². The van der Waals surface area contributed by atoms with E-state index in [1.54, 1.807) is 12.1 Å². The summed E-state index contributed by atoms with van der Waals surface area (Å²) >= 11 is 0. The van der Waals surface area contributed by atoms with Crippen LogP contribution in [0, 0.1) is 16.0 Å². The molecule has 0 bridgehead atoms. The maximum Gasteiger partial charge on any atom is 0.292 e. The summed E-state index contributed by atoms with van der Waals surface area (Å²) in [4.78, 5) is 12.7. The van der Waals surface area contributed by atoms with Gasteiger partial charge in [0.25, 0.3) is 5.69 Å². The lowest BCUT2D eigenvalue weighted by atomic mass is 10.1. The van der Waals surface area contributed by atoms with Crippen LogP contribution in [-0.4, -0.2) is 35.5 Å². The zero-order valence-corrected chi connectivity index (χ0v) is 12.0. The average Bonchev–Trinajstić information content (AvgIpc) is 2.85. The number of nitrogens with two attached hydrogens (primary N) is 1. The Balaban J connectivity index is 1.89. The summed E-state index contributed by atoms with van der Waals surface area (Å²) in [5.74, 6) is 0.619. The molecule has 20 heavy (non-hydrogen) atoms. The van der Waals surface area contributed by atoms with Crippen LogP contribution in [0.15, 0.2) is 18.2 Å². The van der Waals surface area contributed by atoms with Crippen LogP contribution < -0.4 is 11.1 Å². The molecule has 1 unspecified atom stereocenters. The van der Waals surface area contributed by atoms with Crippen molar-refractivity contribution >= 4 is 17.1 Å². The minimum Gasteiger partial charge on any atom is -0.393 e. The smallest absolute Gasteiger partial charge is 0.292 e. The molecule has 3 N–H and O–H groups in total. The summed E-state index contributed by atoms with van der Waals surface area (Å²) in [5.41, 5.74) is 6.69. The summed E-state index contributed by atoms with van der Waals surface area (Å²) in [7, 11) is 0. The van der Waals surface area contributed by atoms with Gasteiger partial charge in [0, 0.05) is 30.9 Å². The third-order valence-corrected chi connectivity index (χ3v) is 3.87. The Morgan fingerprint density at radius 2 is 2.30 bits per heavy atom. The highest BCUT2D eigenvalue weighted by atomic mass is 16.6. The van der Waals surface area contributed by atoms with E-state index in [9.17, 15) is 10.1 Å². The molecule has 110 valence electrons. The standard InChI is InChI=1S/C14H22N4O2/c1-10(2)17-6-5-11(9-17)8-16-12-3-4-14(18(19)20)13(15)7-12/h3-4,7,10-11,16H,5-6,8-9,15H2,1-2H3. The first-order chi connectivity index (χ1) is 9.47. The Labute approximate surface area is 119 Å². The normalized spacial score (nSPS) is 19.4. The van der Waals surface area contributed by atoms with Gasteiger partial charge >= 0.3 is 0 Å². The fourth-order valence-corrected chi connectivity index (χ4v) is 2.59. The lowest BCUT2D eigenvalue weighted by Crippen LogP contribution is -2.29. The number of nitro groups is 1. The van der Waals surface area contributed by atoms with Gasteiger partial charge in [-0.2, -0.15) is 0 Å². The molecule has 0 amide bonds. The SMILES string of the molecule is CC(C)N1CCC(CNc2ccc([N+](=O)[O-])c(N)c2)C1. The maximum absolute atomic E-state index is 10.7. The van der Waals surface area contributed by atoms with E-state index in [0.717, 1.165) is 25.3 Å². The molecule has 1 fully saturated rings. The van der Waals surface area contributed by atoms with E-state index in [1.807, 2.05) is 0 Å². The zero-order valence-electron chi connectivity index (χ0n) is 12.0. The van der Waals surface area contributed by atoms with Crippen LogP contribution in [0.3, 0.4) is 0 Å². The fraction of sp³-hybridized carbons (Fsp3) is 0.571. The average molecular weight is 278 g/mol. The molecule has 6 nitrogen and oxygen atoms in total. The van der Waals surface area contributed by atoms with E-state index in [1.165, 1.54) is 12.5 Å². The lowest BCUT2D eigenvalue weighted by Gasteiger charge is -2.20. The van der Waals surface area contributed by atoms with Crippen LogP contribution in [0.2, 0.25) is 0 Å². The minimum absolute atomic E-state index is 0.0394. The Morgan fingerprint density at radius 1 is 1.55 bits per heavy atom. The Hall–Kier alpha value is -1.82. The number of likely N-dealkylation sites (tertiary alicyclic amines) is 1. The number of anilines is 2. The summed E-state index contributed by atoms with van der Waals surface area (Å²) < 4.78 is 0. The van der Waals surface area contributed by atoms with Crippen molar-refractivity contribution in [3.05, 3.63) is 28.3 Å². The zero-order chi connectivity index (χ0) is 14.7. The molecule has 1 atom stereocenters.